The van der Waals surface area contributed by atoms with Crippen LogP contribution in [0.4, 0.5) is 0 Å². The van der Waals surface area contributed by atoms with Gasteiger partial charge in [-0.05, 0) is 18.6 Å². The largest absolute Gasteiger partial charge is 0.486 e. The molecule has 4 nitrogen and oxygen atoms in total. The number of hydrogen-bond donors (Lipinski definition) is 3. The first-order valence-corrected chi connectivity index (χ1v) is 10.5. The summed E-state index contributed by atoms with van der Waals surface area (Å²) in [4.78, 5) is 0. The Morgan fingerprint density at radius 1 is 0.720 bits per heavy atom. The van der Waals surface area contributed by atoms with Gasteiger partial charge < -0.3 is 20.1 Å². The van der Waals surface area contributed by atoms with Crippen molar-refractivity contribution in [3.8, 4) is 0 Å². The van der Waals surface area contributed by atoms with Crippen LogP contribution in [0.15, 0.2) is 0 Å². The van der Waals surface area contributed by atoms with Gasteiger partial charge in [0.15, 0.2) is 5.05 Å². The molecule has 150 valence electrons. The minimum absolute atomic E-state index is 0.0631. The molecule has 0 aliphatic carbocycles. The van der Waals surface area contributed by atoms with Gasteiger partial charge in [-0.1, -0.05) is 77.6 Å². The molecule has 25 heavy (non-hydrogen) atoms. The molecule has 0 atom stereocenters. The van der Waals surface area contributed by atoms with Crippen molar-refractivity contribution in [1.82, 2.24) is 0 Å². The number of thiocarbonyl (C=S) groups is 1. The van der Waals surface area contributed by atoms with E-state index in [0.29, 0.717) is 5.05 Å². The Balaban J connectivity index is 3.43. The molecule has 0 spiro atoms. The van der Waals surface area contributed by atoms with Gasteiger partial charge in [-0.25, -0.2) is 0 Å². The molecule has 0 aliphatic heterocycles. The molecule has 0 saturated heterocycles. The van der Waals surface area contributed by atoms with Crippen molar-refractivity contribution in [2.45, 2.75) is 90.4 Å². The highest BCUT2D eigenvalue weighted by atomic mass is 32.1. The lowest BCUT2D eigenvalue weighted by molar-refractivity contribution is -0.0288. The average molecular weight is 377 g/mol. The molecule has 0 amide bonds. The second kappa shape index (κ2) is 17.2. The second-order valence-corrected chi connectivity index (χ2v) is 7.73. The Morgan fingerprint density at radius 3 is 1.52 bits per heavy atom. The second-order valence-electron chi connectivity index (χ2n) is 7.27. The first-order chi connectivity index (χ1) is 12.1. The summed E-state index contributed by atoms with van der Waals surface area (Å²) >= 11 is 5.18. The predicted molar refractivity (Wildman–Crippen MR) is 108 cm³/mol. The Labute approximate surface area is 160 Å². The van der Waals surface area contributed by atoms with Crippen LogP contribution in [-0.2, 0) is 4.74 Å². The zero-order valence-corrected chi connectivity index (χ0v) is 17.0. The minimum Gasteiger partial charge on any atom is -0.486 e. The predicted octanol–water partition coefficient (Wildman–Crippen LogP) is 4.38. The van der Waals surface area contributed by atoms with Gasteiger partial charge >= 0.3 is 0 Å². The molecule has 0 aromatic rings. The monoisotopic (exact) mass is 376 g/mol. The van der Waals surface area contributed by atoms with Crippen molar-refractivity contribution < 1.29 is 20.1 Å². The molecule has 0 aromatic heterocycles. The van der Waals surface area contributed by atoms with Crippen molar-refractivity contribution in [2.75, 3.05) is 26.4 Å². The fraction of sp³-hybridized carbons (Fsp3) is 0.950. The lowest BCUT2D eigenvalue weighted by atomic mass is 9.93. The van der Waals surface area contributed by atoms with E-state index >= 15 is 0 Å². The molecule has 5 heteroatoms. The number of unbranched alkanes of at least 4 members (excludes halogenated alkanes) is 11. The summed E-state index contributed by atoms with van der Waals surface area (Å²) in [6.07, 6.45) is 16.4. The van der Waals surface area contributed by atoms with E-state index in [2.05, 4.69) is 6.92 Å². The maximum Gasteiger partial charge on any atom is 0.159 e. The number of aliphatic hydroxyl groups excluding tert-OH is 3. The molecule has 0 fully saturated rings. The number of hydrogen-bond acceptors (Lipinski definition) is 5. The Bertz CT molecular complexity index is 298. The summed E-state index contributed by atoms with van der Waals surface area (Å²) in [5, 5.41) is 28.2. The molecule has 0 radical (unpaired) electrons. The highest BCUT2D eigenvalue weighted by molar-refractivity contribution is 7.80. The molecule has 0 aromatic carbocycles. The van der Waals surface area contributed by atoms with Crippen molar-refractivity contribution in [3.63, 3.8) is 0 Å². The van der Waals surface area contributed by atoms with Gasteiger partial charge in [-0.2, -0.15) is 0 Å². The molecule has 0 saturated carbocycles. The van der Waals surface area contributed by atoms with Gasteiger partial charge in [0.1, 0.15) is 6.61 Å². The van der Waals surface area contributed by atoms with Crippen molar-refractivity contribution >= 4 is 17.3 Å². The quantitative estimate of drug-likeness (QED) is 0.244. The van der Waals surface area contributed by atoms with Gasteiger partial charge in [0.25, 0.3) is 0 Å². The summed E-state index contributed by atoms with van der Waals surface area (Å²) < 4.78 is 5.43. The smallest absolute Gasteiger partial charge is 0.159 e. The van der Waals surface area contributed by atoms with Gasteiger partial charge in [-0.15, -0.1) is 0 Å². The van der Waals surface area contributed by atoms with E-state index in [1.54, 1.807) is 0 Å². The fourth-order valence-corrected chi connectivity index (χ4v) is 2.91. The summed E-state index contributed by atoms with van der Waals surface area (Å²) in [6.45, 7) is 1.36. The van der Waals surface area contributed by atoms with E-state index in [0.717, 1.165) is 19.3 Å². The third-order valence-corrected chi connectivity index (χ3v) is 5.10. The molecular formula is C20H40O4S. The lowest BCUT2D eigenvalue weighted by Gasteiger charge is -2.27. The molecule has 0 aliphatic rings. The number of aliphatic hydroxyl groups is 3. The third kappa shape index (κ3) is 13.6. The van der Waals surface area contributed by atoms with Crippen LogP contribution < -0.4 is 0 Å². The third-order valence-electron chi connectivity index (χ3n) is 4.78. The van der Waals surface area contributed by atoms with Gasteiger partial charge in [0.2, 0.25) is 0 Å². The average Bonchev–Trinajstić information content (AvgIpc) is 2.64. The normalized spacial score (nSPS) is 11.7. The van der Waals surface area contributed by atoms with Crippen molar-refractivity contribution in [3.05, 3.63) is 0 Å². The van der Waals surface area contributed by atoms with E-state index < -0.39 is 5.41 Å². The molecule has 0 rings (SSSR count). The summed E-state index contributed by atoms with van der Waals surface area (Å²) in [5.41, 5.74) is -0.999. The fourth-order valence-electron chi connectivity index (χ4n) is 2.70. The van der Waals surface area contributed by atoms with Gasteiger partial charge in [-0.3, -0.25) is 0 Å². The zero-order chi connectivity index (χ0) is 18.8. The maximum absolute atomic E-state index is 9.23. The lowest BCUT2D eigenvalue weighted by Crippen LogP contribution is -2.39. The Morgan fingerprint density at radius 2 is 1.12 bits per heavy atom. The van der Waals surface area contributed by atoms with Crippen LogP contribution in [-0.4, -0.2) is 46.8 Å². The summed E-state index contributed by atoms with van der Waals surface area (Å²) in [7, 11) is 0. The van der Waals surface area contributed by atoms with Gasteiger partial charge in [0, 0.05) is 6.42 Å². The highest BCUT2D eigenvalue weighted by Crippen LogP contribution is 2.17. The Hall–Kier alpha value is -0.230. The molecular weight excluding hydrogens is 336 g/mol. The van der Waals surface area contributed by atoms with Crippen LogP contribution in [0.2, 0.25) is 0 Å². The SMILES string of the molecule is CCCCCCCCCCCCCCC(=S)OCC(CO)(CO)CO. The van der Waals surface area contributed by atoms with Crippen LogP contribution in [0.3, 0.4) is 0 Å². The topological polar surface area (TPSA) is 69.9 Å². The van der Waals surface area contributed by atoms with E-state index in [4.69, 9.17) is 17.0 Å². The van der Waals surface area contributed by atoms with E-state index in [9.17, 15) is 15.3 Å². The van der Waals surface area contributed by atoms with Crippen molar-refractivity contribution in [1.29, 1.82) is 0 Å². The number of ether oxygens (including phenoxy) is 1. The number of rotatable bonds is 18. The van der Waals surface area contributed by atoms with Crippen LogP contribution in [0.25, 0.3) is 0 Å². The van der Waals surface area contributed by atoms with E-state index in [1.165, 1.54) is 64.2 Å². The van der Waals surface area contributed by atoms with Crippen LogP contribution in [0.1, 0.15) is 90.4 Å². The first kappa shape index (κ1) is 24.8. The molecule has 0 bridgehead atoms. The summed E-state index contributed by atoms with van der Waals surface area (Å²) in [5.74, 6) is 0. The Kier molecular flexibility index (Phi) is 17.0. The molecule has 3 N–H and O–H groups in total. The standard InChI is InChI=1S/C20H40O4S/c1-2-3-4-5-6-7-8-9-10-11-12-13-14-19(25)24-18-20(15-21,16-22)17-23/h21-23H,2-18H2,1H3. The molecule has 0 unspecified atom stereocenters. The van der Waals surface area contributed by atoms with E-state index in [-0.39, 0.29) is 26.4 Å². The minimum atomic E-state index is -0.999. The van der Waals surface area contributed by atoms with Crippen LogP contribution in [0, 0.1) is 5.41 Å². The first-order valence-electron chi connectivity index (χ1n) is 10.1. The van der Waals surface area contributed by atoms with Crippen molar-refractivity contribution in [2.24, 2.45) is 5.41 Å². The highest BCUT2D eigenvalue weighted by Gasteiger charge is 2.29. The maximum atomic E-state index is 9.23. The van der Waals surface area contributed by atoms with E-state index in [1.807, 2.05) is 0 Å². The van der Waals surface area contributed by atoms with Gasteiger partial charge in [0.05, 0.1) is 25.2 Å². The zero-order valence-electron chi connectivity index (χ0n) is 16.2. The van der Waals surface area contributed by atoms with Crippen LogP contribution in [0.5, 0.6) is 0 Å². The molecule has 0 heterocycles. The summed E-state index contributed by atoms with van der Waals surface area (Å²) in [6, 6.07) is 0. The van der Waals surface area contributed by atoms with Crippen LogP contribution >= 0.6 is 12.2 Å².